The topological polar surface area (TPSA) is 693 Å². The minimum absolute atomic E-state index is 0.0914. The van der Waals surface area contributed by atoms with Crippen molar-refractivity contribution in [2.45, 2.75) is 218 Å². The van der Waals surface area contributed by atoms with Gasteiger partial charge in [-0.1, -0.05) is 185 Å². The van der Waals surface area contributed by atoms with Gasteiger partial charge in [0.05, 0.1) is 103 Å². The number of aliphatic hydroxyl groups excluding tert-OH is 3. The predicted octanol–water partition coefficient (Wildman–Crippen LogP) is 10.2. The highest BCUT2D eigenvalue weighted by Gasteiger charge is 2.27. The van der Waals surface area contributed by atoms with Crippen molar-refractivity contribution in [2.75, 3.05) is 105 Å². The van der Waals surface area contributed by atoms with Crippen LogP contribution in [0.1, 0.15) is 185 Å². The zero-order valence-corrected chi connectivity index (χ0v) is 82.5. The summed E-state index contributed by atoms with van der Waals surface area (Å²) in [5.41, 5.74) is 17.6. The minimum atomic E-state index is -1.83. The van der Waals surface area contributed by atoms with Crippen LogP contribution in [0.3, 0.4) is 0 Å². The van der Waals surface area contributed by atoms with E-state index >= 15 is 0 Å². The summed E-state index contributed by atoms with van der Waals surface area (Å²) in [5, 5.41) is 71.0. The lowest BCUT2D eigenvalue weighted by atomic mass is 10.2. The lowest BCUT2D eigenvalue weighted by Crippen LogP contribution is -2.53. The Bertz CT molecular complexity index is 3560. The van der Waals surface area contributed by atoms with E-state index in [0.717, 1.165) is 68.1 Å². The number of esters is 9. The number of aliphatic hydroxyl groups is 3. The molecule has 19 N–H and O–H groups in total. The number of hydrogen-bond acceptors (Lipinski definition) is 35. The number of carboxylic acid groups (broad SMARTS) is 4. The summed E-state index contributed by atoms with van der Waals surface area (Å²) in [7, 11) is 0. The first-order valence-electron chi connectivity index (χ1n) is 43.4. The maximum atomic E-state index is 11.8. The summed E-state index contributed by atoms with van der Waals surface area (Å²) in [6.07, 6.45) is 3.75. The van der Waals surface area contributed by atoms with Gasteiger partial charge < -0.3 is 142 Å². The fraction of sp³-hybridized carbons (Fsp3) is 0.602. The maximum absolute atomic E-state index is 11.8. The quantitative estimate of drug-likeness (QED) is 0.0108. The van der Waals surface area contributed by atoms with Crippen molar-refractivity contribution in [1.29, 1.82) is 0 Å². The van der Waals surface area contributed by atoms with Gasteiger partial charge in [0.1, 0.15) is 37.9 Å². The number of carbonyl (C=O) groups is 17. The smallest absolute Gasteiger partial charge is 0.466 e. The van der Waals surface area contributed by atoms with Crippen molar-refractivity contribution >= 4 is 135 Å². The molecule has 0 spiro atoms. The highest BCUT2D eigenvalue weighted by Crippen LogP contribution is 2.07. The number of nitrogens with two attached hydrogens (primary N) is 3. The van der Waals surface area contributed by atoms with Crippen LogP contribution < -0.4 is 49.1 Å². The molecule has 0 aliphatic heterocycles. The molecule has 136 heavy (non-hydrogen) atoms. The van der Waals surface area contributed by atoms with Crippen LogP contribution in [0.25, 0.3) is 0 Å². The third-order valence-electron chi connectivity index (χ3n) is 15.2. The molecule has 0 heterocycles. The molecular formula is C88H146Cl3N9O36. The molecule has 48 heteroatoms. The van der Waals surface area contributed by atoms with Gasteiger partial charge in [-0.15, -0.1) is 0 Å². The number of nitrogens with one attached hydrogen (secondary N) is 6. The second kappa shape index (κ2) is 97.8. The van der Waals surface area contributed by atoms with Crippen molar-refractivity contribution in [3.8, 4) is 0 Å². The van der Waals surface area contributed by atoms with Crippen molar-refractivity contribution in [3.63, 3.8) is 0 Å². The molecular weight excluding hydrogens is 1870 g/mol. The first-order valence-corrected chi connectivity index (χ1v) is 44.5. The summed E-state index contributed by atoms with van der Waals surface area (Å²) < 4.78 is 56.3. The summed E-state index contributed by atoms with van der Waals surface area (Å²) >= 11 is 13.8. The largest absolute Gasteiger partial charge is 0.506 e. The summed E-state index contributed by atoms with van der Waals surface area (Å²) in [6.45, 7) is 29.4. The van der Waals surface area contributed by atoms with Crippen LogP contribution in [-0.2, 0) is 120 Å². The average molecular weight is 2010 g/mol. The number of urea groups is 2. The molecule has 780 valence electrons. The van der Waals surface area contributed by atoms with E-state index in [0.29, 0.717) is 65.6 Å². The van der Waals surface area contributed by atoms with Gasteiger partial charge in [-0.25, -0.2) is 47.9 Å². The number of unbranched alkanes of at least 4 members (excludes halogenated alkanes) is 5. The highest BCUT2D eigenvalue weighted by molar-refractivity contribution is 6.93. The van der Waals surface area contributed by atoms with Crippen LogP contribution in [0.4, 0.5) is 38.4 Å². The molecule has 3 aromatic rings. The molecule has 0 bridgehead atoms. The summed E-state index contributed by atoms with van der Waals surface area (Å²) in [5.74, 6) is -5.56. The Morgan fingerprint density at radius 2 is 0.640 bits per heavy atom. The molecule has 3 aromatic carbocycles. The zero-order valence-electron chi connectivity index (χ0n) is 80.2. The minimum Gasteiger partial charge on any atom is -0.466 e. The van der Waals surface area contributed by atoms with E-state index in [9.17, 15) is 71.9 Å². The van der Waals surface area contributed by atoms with E-state index in [4.69, 9.17) is 112 Å². The Hall–Kier alpha value is -11.7. The average Bonchev–Trinajstić information content (AvgIpc) is 0.614. The monoisotopic (exact) mass is 2010 g/mol. The molecule has 6 amide bonds. The van der Waals surface area contributed by atoms with Gasteiger partial charge in [0.25, 0.3) is 0 Å². The standard InChI is InChI=1S/C15H28N2O7.C14H26N2O5.C14H19NO4.C8H7ClO2.C8H8O3.C7H13NO4.C7H15NO3.C7H15NO2.C6H13NO2.CCl2O.CH2O3/c1-3-5-7-23-13(20)11(9-18)16-15(22)17-12(10-19)14(21)24-8-6-4-2;1-5-7-8-21-13(18)11(4)16-14(19)15-9-10(3)12(17)20-6-2;1-3-18-13(16)11(2)9-15-14(17)19-10-12-7-5-4-6-8-12;2*9-8(10)11-6-7-4-2-1-3-5-7;1-3-12-6(9)5(2)4-8-7(10)11;1-2-3-4-11-7(10)6(8)5-9;1-3-4-5-10-7(9)6(2)8;1-3-9-6(8)5(2)4-7;2*2-1(3)4/h11-12,18-19H,3-10H2,1-2H3,(H2,16,17,22);10-11H,5-9H2,1-4H3,(H2,15,16,19);4-8,11H,3,9-10H2,1-2H3,(H,15,17);1-5H,6H2;1-5H,6H2,(H,9,10);5,8H,3-4H2,1-2H3,(H,10,11);6,9H,2-5,8H2,1H3;6H,3-5,8H2,1-2H3;5H,3-4,7H2,1-2H3;;(H2,2,3,4). The Balaban J connectivity index is -0.000000227. The van der Waals surface area contributed by atoms with Gasteiger partial charge >= 0.3 is 100 Å². The van der Waals surface area contributed by atoms with Gasteiger partial charge in [-0.05, 0) is 114 Å². The molecule has 0 radical (unpaired) electrons. The summed E-state index contributed by atoms with van der Waals surface area (Å²) in [6, 6.07) is 21.9. The Kier molecular flexibility index (Phi) is 100. The van der Waals surface area contributed by atoms with Gasteiger partial charge in [0.2, 0.25) is 0 Å². The molecule has 9 unspecified atom stereocenters. The number of ether oxygens (including phenoxy) is 12. The van der Waals surface area contributed by atoms with Crippen LogP contribution >= 0.6 is 34.8 Å². The van der Waals surface area contributed by atoms with Gasteiger partial charge in [0.15, 0.2) is 12.1 Å². The van der Waals surface area contributed by atoms with E-state index in [1.54, 1.807) is 69.2 Å². The molecule has 0 saturated carbocycles. The fourth-order valence-corrected chi connectivity index (χ4v) is 7.72. The van der Waals surface area contributed by atoms with Crippen LogP contribution in [0.2, 0.25) is 0 Å². The third kappa shape index (κ3) is 98.3. The zero-order chi connectivity index (χ0) is 106. The van der Waals surface area contributed by atoms with Crippen LogP contribution in [0.15, 0.2) is 91.0 Å². The second-order valence-corrected chi connectivity index (χ2v) is 28.6. The van der Waals surface area contributed by atoms with E-state index in [1.807, 2.05) is 126 Å². The van der Waals surface area contributed by atoms with Gasteiger partial charge in [-0.3, -0.25) is 33.6 Å². The molecule has 0 aromatic heterocycles. The SMILES string of the molecule is CCCCOC(=O)C(C)N.CCCCOC(=O)C(C)NC(=O)NCC(C)C(=O)OCC.CCCCOC(=O)C(CO)NC(=O)NC(CO)C(=O)OCCCC.CCCCOC(=O)C(N)CO.CCOC(=O)C(C)CN.CCOC(=O)C(C)CNC(=O)O.CCOC(=O)C(C)CNC(=O)OCc1ccccc1.O=C(Cl)Cl.O=C(Cl)OCc1ccccc1.O=C(O)O.O=C(O)OCc1ccccc1. The molecule has 3 rings (SSSR count). The highest BCUT2D eigenvalue weighted by atomic mass is 35.5. The van der Waals surface area contributed by atoms with Crippen LogP contribution in [0, 0.1) is 23.7 Å². The Morgan fingerprint density at radius 3 is 0.926 bits per heavy atom. The van der Waals surface area contributed by atoms with Crippen LogP contribution in [-0.4, -0.2) is 272 Å². The molecule has 0 aliphatic rings. The number of alkyl carbamates (subject to hydrolysis) is 1. The van der Waals surface area contributed by atoms with E-state index in [2.05, 4.69) is 74.1 Å². The van der Waals surface area contributed by atoms with Gasteiger partial charge in [-0.2, -0.15) is 0 Å². The fourth-order valence-electron chi connectivity index (χ4n) is 7.66. The number of amides is 6. The molecule has 45 nitrogen and oxygen atoms in total. The van der Waals surface area contributed by atoms with Gasteiger partial charge in [0, 0.05) is 37.8 Å². The molecule has 0 fully saturated rings. The lowest BCUT2D eigenvalue weighted by Gasteiger charge is -2.19. The van der Waals surface area contributed by atoms with E-state index in [1.165, 1.54) is 0 Å². The molecule has 0 saturated heterocycles. The van der Waals surface area contributed by atoms with Crippen molar-refractivity contribution < 1.29 is 174 Å². The molecule has 0 aliphatic carbocycles. The number of hydrogen-bond donors (Lipinski definition) is 16. The van der Waals surface area contributed by atoms with Crippen molar-refractivity contribution in [2.24, 2.45) is 40.9 Å². The lowest BCUT2D eigenvalue weighted by molar-refractivity contribution is -0.148. The van der Waals surface area contributed by atoms with Crippen molar-refractivity contribution in [1.82, 2.24) is 31.9 Å². The van der Waals surface area contributed by atoms with E-state index in [-0.39, 0.29) is 101 Å². The first kappa shape index (κ1) is 140. The Morgan fingerprint density at radius 1 is 0.346 bits per heavy atom. The van der Waals surface area contributed by atoms with Crippen LogP contribution in [0.5, 0.6) is 0 Å². The van der Waals surface area contributed by atoms with E-state index < -0.39 is 126 Å². The third-order valence-corrected chi connectivity index (χ3v) is 15.3. The second-order valence-electron chi connectivity index (χ2n) is 27.4. The Labute approximate surface area is 809 Å². The maximum Gasteiger partial charge on any atom is 0.506 e. The first-order chi connectivity index (χ1) is 64.3. The number of halogens is 3. The molecule has 9 atom stereocenters. The summed E-state index contributed by atoms with van der Waals surface area (Å²) in [4.78, 5) is 183. The van der Waals surface area contributed by atoms with Crippen molar-refractivity contribution in [3.05, 3.63) is 108 Å². The predicted molar refractivity (Wildman–Crippen MR) is 500 cm³/mol. The number of rotatable bonds is 47. The number of benzene rings is 3. The number of carbonyl (C=O) groups excluding carboxylic acids is 14. The normalized spacial score (nSPS) is 11.6.